The van der Waals surface area contributed by atoms with Gasteiger partial charge in [0.15, 0.2) is 3.70 Å². The molecule has 0 radical (unpaired) electrons. The van der Waals surface area contributed by atoms with Crippen LogP contribution in [0.15, 0.2) is 34.7 Å². The van der Waals surface area contributed by atoms with Crippen molar-refractivity contribution < 1.29 is 9.15 Å². The zero-order valence-corrected chi connectivity index (χ0v) is 10.4. The van der Waals surface area contributed by atoms with Crippen molar-refractivity contribution in [1.29, 1.82) is 0 Å². The van der Waals surface area contributed by atoms with E-state index in [1.165, 1.54) is 0 Å². The van der Waals surface area contributed by atoms with Crippen LogP contribution in [0.5, 0.6) is 5.95 Å². The molecule has 3 nitrogen and oxygen atoms in total. The van der Waals surface area contributed by atoms with Crippen molar-refractivity contribution in [2.24, 2.45) is 0 Å². The lowest BCUT2D eigenvalue weighted by Gasteiger charge is -1.96. The monoisotopic (exact) mass is 315 g/mol. The van der Waals surface area contributed by atoms with E-state index in [4.69, 9.17) is 9.15 Å². The molecule has 0 bridgehead atoms. The summed E-state index contributed by atoms with van der Waals surface area (Å²) in [6, 6.07) is 9.77. The standard InChI is InChI=1S/C11H10INO2/c1-2-14-11-9(12)13-10(15-11)8-6-4-3-5-7-8/h3-7H,2H2,1H3. The molecule has 78 valence electrons. The van der Waals surface area contributed by atoms with Gasteiger partial charge in [0.05, 0.1) is 6.61 Å². The van der Waals surface area contributed by atoms with Crippen molar-refractivity contribution in [3.05, 3.63) is 34.0 Å². The Kier molecular flexibility index (Phi) is 3.25. The maximum Gasteiger partial charge on any atom is 0.319 e. The maximum absolute atomic E-state index is 5.50. The van der Waals surface area contributed by atoms with Gasteiger partial charge in [0.25, 0.3) is 0 Å². The molecule has 0 N–H and O–H groups in total. The zero-order valence-electron chi connectivity index (χ0n) is 8.24. The van der Waals surface area contributed by atoms with Crippen molar-refractivity contribution in [2.75, 3.05) is 6.61 Å². The topological polar surface area (TPSA) is 35.3 Å². The third-order valence-corrected chi connectivity index (χ3v) is 2.54. The maximum atomic E-state index is 5.50. The highest BCUT2D eigenvalue weighted by molar-refractivity contribution is 14.1. The van der Waals surface area contributed by atoms with Crippen LogP contribution >= 0.6 is 22.6 Å². The Hall–Kier alpha value is -1.04. The van der Waals surface area contributed by atoms with Crippen molar-refractivity contribution in [3.8, 4) is 17.4 Å². The summed E-state index contributed by atoms with van der Waals surface area (Å²) < 4.78 is 11.6. The fraction of sp³-hybridized carbons (Fsp3) is 0.182. The second-order valence-electron chi connectivity index (χ2n) is 2.90. The molecular weight excluding hydrogens is 305 g/mol. The minimum Gasteiger partial charge on any atom is -0.463 e. The number of nitrogens with zero attached hydrogens (tertiary/aromatic N) is 1. The number of aromatic nitrogens is 1. The predicted molar refractivity (Wildman–Crippen MR) is 65.8 cm³/mol. The molecule has 15 heavy (non-hydrogen) atoms. The molecule has 0 unspecified atom stereocenters. The summed E-state index contributed by atoms with van der Waals surface area (Å²) in [4.78, 5) is 4.29. The molecule has 0 aliphatic rings. The fourth-order valence-corrected chi connectivity index (χ4v) is 1.70. The smallest absolute Gasteiger partial charge is 0.319 e. The minimum absolute atomic E-state index is 0.497. The van der Waals surface area contributed by atoms with Crippen molar-refractivity contribution in [2.45, 2.75) is 6.92 Å². The summed E-state index contributed by atoms with van der Waals surface area (Å²) in [5, 5.41) is 0. The number of rotatable bonds is 3. The number of benzene rings is 1. The predicted octanol–water partition coefficient (Wildman–Crippen LogP) is 3.34. The number of ether oxygens (including phenoxy) is 1. The third-order valence-electron chi connectivity index (χ3n) is 1.85. The van der Waals surface area contributed by atoms with E-state index >= 15 is 0 Å². The van der Waals surface area contributed by atoms with Gasteiger partial charge >= 0.3 is 5.95 Å². The lowest BCUT2D eigenvalue weighted by molar-refractivity contribution is 0.258. The lowest BCUT2D eigenvalue weighted by Crippen LogP contribution is -1.90. The Labute approximate surface area is 102 Å². The highest BCUT2D eigenvalue weighted by Crippen LogP contribution is 2.28. The molecule has 0 aliphatic carbocycles. The first kappa shape index (κ1) is 10.5. The molecule has 0 atom stereocenters. The summed E-state index contributed by atoms with van der Waals surface area (Å²) >= 11 is 2.10. The highest BCUT2D eigenvalue weighted by Gasteiger charge is 2.12. The molecule has 1 heterocycles. The van der Waals surface area contributed by atoms with E-state index in [0.29, 0.717) is 18.4 Å². The summed E-state index contributed by atoms with van der Waals surface area (Å²) in [6.07, 6.45) is 0. The summed E-state index contributed by atoms with van der Waals surface area (Å²) in [5.41, 5.74) is 0.960. The minimum atomic E-state index is 0.497. The molecule has 0 saturated carbocycles. The van der Waals surface area contributed by atoms with Gasteiger partial charge in [0.2, 0.25) is 5.89 Å². The van der Waals surface area contributed by atoms with Gasteiger partial charge in [-0.3, -0.25) is 0 Å². The first-order valence-corrected chi connectivity index (χ1v) is 5.73. The summed E-state index contributed by atoms with van der Waals surface area (Å²) in [6.45, 7) is 2.50. The van der Waals surface area contributed by atoms with Gasteiger partial charge in [0.1, 0.15) is 0 Å². The average molecular weight is 315 g/mol. The second-order valence-corrected chi connectivity index (χ2v) is 3.92. The molecule has 0 aliphatic heterocycles. The van der Waals surface area contributed by atoms with E-state index in [-0.39, 0.29) is 0 Å². The average Bonchev–Trinajstić information content (AvgIpc) is 2.63. The van der Waals surface area contributed by atoms with Crippen molar-refractivity contribution >= 4 is 22.6 Å². The molecule has 0 saturated heterocycles. The number of hydrogen-bond acceptors (Lipinski definition) is 3. The van der Waals surface area contributed by atoms with Gasteiger partial charge in [-0.2, -0.15) is 4.98 Å². The van der Waals surface area contributed by atoms with Gasteiger partial charge in [-0.25, -0.2) is 0 Å². The number of oxazole rings is 1. The molecule has 4 heteroatoms. The van der Waals surface area contributed by atoms with Gasteiger partial charge in [-0.05, 0) is 41.6 Å². The van der Waals surface area contributed by atoms with Crippen LogP contribution in [0.25, 0.3) is 11.5 Å². The SMILES string of the molecule is CCOc1oc(-c2ccccc2)nc1I. The van der Waals surface area contributed by atoms with Crippen LogP contribution < -0.4 is 4.74 Å². The van der Waals surface area contributed by atoms with Gasteiger partial charge in [-0.15, -0.1) is 0 Å². The Morgan fingerprint density at radius 1 is 1.33 bits per heavy atom. The fourth-order valence-electron chi connectivity index (χ4n) is 1.21. The number of halogens is 1. The van der Waals surface area contributed by atoms with Gasteiger partial charge in [0, 0.05) is 5.56 Å². The van der Waals surface area contributed by atoms with E-state index in [0.717, 1.165) is 9.26 Å². The molecule has 2 aromatic rings. The molecular formula is C11H10INO2. The Bertz CT molecular complexity index is 439. The van der Waals surface area contributed by atoms with E-state index in [9.17, 15) is 0 Å². The Morgan fingerprint density at radius 2 is 2.07 bits per heavy atom. The third kappa shape index (κ3) is 2.31. The Balaban J connectivity index is 2.34. The first-order valence-electron chi connectivity index (χ1n) is 4.66. The van der Waals surface area contributed by atoms with Gasteiger partial charge in [-0.1, -0.05) is 18.2 Å². The molecule has 0 amide bonds. The molecule has 1 aromatic carbocycles. The van der Waals surface area contributed by atoms with Crippen molar-refractivity contribution in [1.82, 2.24) is 4.98 Å². The van der Waals surface area contributed by atoms with E-state index in [2.05, 4.69) is 27.6 Å². The molecule has 1 aromatic heterocycles. The van der Waals surface area contributed by atoms with Gasteiger partial charge < -0.3 is 9.15 Å². The summed E-state index contributed by atoms with van der Waals surface area (Å²) in [7, 11) is 0. The van der Waals surface area contributed by atoms with Crippen LogP contribution in [-0.2, 0) is 0 Å². The largest absolute Gasteiger partial charge is 0.463 e. The van der Waals surface area contributed by atoms with Crippen molar-refractivity contribution in [3.63, 3.8) is 0 Å². The molecule has 2 rings (SSSR count). The Morgan fingerprint density at radius 3 is 2.73 bits per heavy atom. The van der Waals surface area contributed by atoms with Crippen LogP contribution in [0.3, 0.4) is 0 Å². The van der Waals surface area contributed by atoms with E-state index < -0.39 is 0 Å². The van der Waals surface area contributed by atoms with Crippen LogP contribution in [0.4, 0.5) is 0 Å². The lowest BCUT2D eigenvalue weighted by atomic mass is 10.2. The quantitative estimate of drug-likeness (QED) is 0.815. The second kappa shape index (κ2) is 4.65. The van der Waals surface area contributed by atoms with E-state index in [1.54, 1.807) is 0 Å². The van der Waals surface area contributed by atoms with Crippen LogP contribution in [0, 0.1) is 3.70 Å². The van der Waals surface area contributed by atoms with Crippen LogP contribution in [0.2, 0.25) is 0 Å². The highest BCUT2D eigenvalue weighted by atomic mass is 127. The molecule has 0 spiro atoms. The number of hydrogen-bond donors (Lipinski definition) is 0. The first-order chi connectivity index (χ1) is 7.31. The zero-order chi connectivity index (χ0) is 10.7. The van der Waals surface area contributed by atoms with Crippen LogP contribution in [-0.4, -0.2) is 11.6 Å². The summed E-state index contributed by atoms with van der Waals surface area (Å²) in [5.74, 6) is 1.10. The normalized spacial score (nSPS) is 10.3. The van der Waals surface area contributed by atoms with E-state index in [1.807, 2.05) is 37.3 Å². The van der Waals surface area contributed by atoms with Crippen LogP contribution in [0.1, 0.15) is 6.92 Å². The molecule has 0 fully saturated rings.